The molecule has 0 radical (unpaired) electrons. The van der Waals surface area contributed by atoms with Crippen molar-refractivity contribution in [1.29, 1.82) is 0 Å². The normalized spacial score (nSPS) is 10.7. The molecule has 10 nitrogen and oxygen atoms in total. The Morgan fingerprint density at radius 2 is 1.87 bits per heavy atom. The van der Waals surface area contributed by atoms with Gasteiger partial charge in [-0.1, -0.05) is 47.2 Å². The van der Waals surface area contributed by atoms with Crippen LogP contribution in [0.15, 0.2) is 64.2 Å². The maximum atomic E-state index is 12.2. The quantitative estimate of drug-likeness (QED) is 0.339. The Morgan fingerprint density at radius 3 is 2.67 bits per heavy atom. The van der Waals surface area contributed by atoms with Crippen molar-refractivity contribution in [2.45, 2.75) is 5.16 Å². The van der Waals surface area contributed by atoms with Gasteiger partial charge >= 0.3 is 6.01 Å². The van der Waals surface area contributed by atoms with Crippen molar-refractivity contribution in [3.63, 3.8) is 0 Å². The average Bonchev–Trinajstić information content (AvgIpc) is 3.39. The first kappa shape index (κ1) is 19.5. The molecule has 0 spiro atoms. The van der Waals surface area contributed by atoms with Crippen LogP contribution >= 0.6 is 11.8 Å². The van der Waals surface area contributed by atoms with E-state index in [4.69, 9.17) is 15.0 Å². The lowest BCUT2D eigenvalue weighted by atomic mass is 10.2. The van der Waals surface area contributed by atoms with E-state index in [-0.39, 0.29) is 17.7 Å². The van der Waals surface area contributed by atoms with Crippen molar-refractivity contribution in [3.8, 4) is 28.6 Å². The molecule has 30 heavy (non-hydrogen) atoms. The molecular formula is C19H17N7O3S. The Kier molecular flexibility index (Phi) is 5.61. The number of hydrogen-bond acceptors (Lipinski definition) is 9. The lowest BCUT2D eigenvalue weighted by Gasteiger charge is -2.07. The number of thioether (sulfide) groups is 1. The summed E-state index contributed by atoms with van der Waals surface area (Å²) in [5.41, 5.74) is 1.46. The first-order valence-electron chi connectivity index (χ1n) is 8.81. The van der Waals surface area contributed by atoms with Gasteiger partial charge in [-0.2, -0.15) is 0 Å². The zero-order valence-corrected chi connectivity index (χ0v) is 16.7. The van der Waals surface area contributed by atoms with Crippen LogP contribution in [0.4, 0.5) is 6.01 Å². The molecule has 152 valence electrons. The number of carbonyl (C=O) groups excluding carboxylic acids is 1. The third kappa shape index (κ3) is 4.10. The minimum Gasteiger partial charge on any atom is -0.496 e. The fourth-order valence-electron chi connectivity index (χ4n) is 2.65. The molecule has 4 rings (SSSR count). The molecule has 2 heterocycles. The molecule has 0 aliphatic carbocycles. The summed E-state index contributed by atoms with van der Waals surface area (Å²) in [4.78, 5) is 12.2. The molecule has 0 aliphatic heterocycles. The van der Waals surface area contributed by atoms with Crippen LogP contribution in [0.2, 0.25) is 0 Å². The smallest absolute Gasteiger partial charge is 0.322 e. The summed E-state index contributed by atoms with van der Waals surface area (Å²) >= 11 is 1.13. The van der Waals surface area contributed by atoms with E-state index >= 15 is 0 Å². The number of nitrogen functional groups attached to an aromatic ring is 1. The number of para-hydroxylation sites is 1. The highest BCUT2D eigenvalue weighted by atomic mass is 32.2. The van der Waals surface area contributed by atoms with Gasteiger partial charge in [-0.3, -0.25) is 10.1 Å². The number of anilines is 1. The van der Waals surface area contributed by atoms with Crippen LogP contribution in [-0.4, -0.2) is 43.8 Å². The lowest BCUT2D eigenvalue weighted by molar-refractivity contribution is -0.113. The van der Waals surface area contributed by atoms with Gasteiger partial charge in [-0.05, 0) is 24.3 Å². The molecule has 2 aromatic carbocycles. The topological polar surface area (TPSA) is 134 Å². The first-order chi connectivity index (χ1) is 14.7. The number of aromatic nitrogens is 5. The van der Waals surface area contributed by atoms with Gasteiger partial charge in [0.25, 0.3) is 0 Å². The number of amides is 1. The zero-order valence-electron chi connectivity index (χ0n) is 15.8. The van der Waals surface area contributed by atoms with E-state index in [0.29, 0.717) is 28.2 Å². The number of rotatable bonds is 7. The molecule has 11 heteroatoms. The third-order valence-electron chi connectivity index (χ3n) is 4.04. The van der Waals surface area contributed by atoms with Gasteiger partial charge in [0.05, 0.1) is 18.4 Å². The number of benzene rings is 2. The number of hydrogen-bond donors (Lipinski definition) is 2. The third-order valence-corrected chi connectivity index (χ3v) is 4.98. The largest absolute Gasteiger partial charge is 0.496 e. The van der Waals surface area contributed by atoms with E-state index in [1.54, 1.807) is 13.2 Å². The Morgan fingerprint density at radius 1 is 1.10 bits per heavy atom. The highest BCUT2D eigenvalue weighted by Gasteiger charge is 2.17. The first-order valence-corrected chi connectivity index (χ1v) is 9.79. The van der Waals surface area contributed by atoms with E-state index < -0.39 is 0 Å². The molecule has 2 aromatic heterocycles. The number of nitrogens with zero attached hydrogens (tertiary/aromatic N) is 5. The van der Waals surface area contributed by atoms with E-state index in [9.17, 15) is 4.79 Å². The van der Waals surface area contributed by atoms with E-state index in [1.807, 2.05) is 48.5 Å². The van der Waals surface area contributed by atoms with Gasteiger partial charge < -0.3 is 15.0 Å². The number of nitrogens with two attached hydrogens (primary N) is 1. The summed E-state index contributed by atoms with van der Waals surface area (Å²) in [7, 11) is 1.57. The number of carbonyl (C=O) groups is 1. The minimum atomic E-state index is -0.342. The van der Waals surface area contributed by atoms with E-state index in [0.717, 1.165) is 17.3 Å². The fraction of sp³-hybridized carbons (Fsp3) is 0.105. The molecule has 4 aromatic rings. The second-order valence-corrected chi connectivity index (χ2v) is 6.93. The molecule has 0 aliphatic rings. The monoisotopic (exact) mass is 423 g/mol. The maximum absolute atomic E-state index is 12.2. The van der Waals surface area contributed by atoms with Crippen molar-refractivity contribution in [2.24, 2.45) is 0 Å². The highest BCUT2D eigenvalue weighted by molar-refractivity contribution is 7.99. The summed E-state index contributed by atoms with van der Waals surface area (Å²) in [6.45, 7) is 0. The van der Waals surface area contributed by atoms with Gasteiger partial charge in [-0.25, -0.2) is 4.68 Å². The standard InChI is InChI=1S/C19H17N7O3S/c1-28-14-10-6-5-9-13(14)16-22-25-19(26(16)20)30-11-15(27)21-18-24-23-17(29-18)12-7-3-2-4-8-12/h2-10H,11,20H2,1H3,(H,21,24,27). The second kappa shape index (κ2) is 8.66. The molecule has 0 atom stereocenters. The van der Waals surface area contributed by atoms with Crippen LogP contribution in [0.25, 0.3) is 22.8 Å². The molecular weight excluding hydrogens is 406 g/mol. The van der Waals surface area contributed by atoms with Crippen LogP contribution in [0.1, 0.15) is 0 Å². The van der Waals surface area contributed by atoms with Crippen molar-refractivity contribution in [2.75, 3.05) is 24.0 Å². The summed E-state index contributed by atoms with van der Waals surface area (Å²) in [6.07, 6.45) is 0. The van der Waals surface area contributed by atoms with Gasteiger partial charge in [-0.15, -0.1) is 15.3 Å². The Labute approximate surface area is 175 Å². The summed E-state index contributed by atoms with van der Waals surface area (Å²) < 4.78 is 12.1. The predicted molar refractivity (Wildman–Crippen MR) is 111 cm³/mol. The number of ether oxygens (including phenoxy) is 1. The van der Waals surface area contributed by atoms with Crippen molar-refractivity contribution in [3.05, 3.63) is 54.6 Å². The van der Waals surface area contributed by atoms with Gasteiger partial charge in [0.2, 0.25) is 17.0 Å². The SMILES string of the molecule is COc1ccccc1-c1nnc(SCC(=O)Nc2nnc(-c3ccccc3)o2)n1N. The van der Waals surface area contributed by atoms with E-state index in [2.05, 4.69) is 25.7 Å². The van der Waals surface area contributed by atoms with Crippen LogP contribution in [0.5, 0.6) is 5.75 Å². The minimum absolute atomic E-state index is 0.0170. The predicted octanol–water partition coefficient (Wildman–Crippen LogP) is 2.45. The summed E-state index contributed by atoms with van der Waals surface area (Å²) in [5.74, 6) is 7.17. The van der Waals surface area contributed by atoms with Crippen molar-refractivity contribution >= 4 is 23.7 Å². The maximum Gasteiger partial charge on any atom is 0.322 e. The lowest BCUT2D eigenvalue weighted by Crippen LogP contribution is -2.16. The Bertz CT molecular complexity index is 1160. The van der Waals surface area contributed by atoms with Gasteiger partial charge in [0.1, 0.15) is 5.75 Å². The average molecular weight is 423 g/mol. The summed E-state index contributed by atoms with van der Waals surface area (Å²) in [6, 6.07) is 16.6. The van der Waals surface area contributed by atoms with Crippen LogP contribution in [0.3, 0.4) is 0 Å². The molecule has 0 fully saturated rings. The van der Waals surface area contributed by atoms with E-state index in [1.165, 1.54) is 4.68 Å². The van der Waals surface area contributed by atoms with Gasteiger partial charge in [0, 0.05) is 5.56 Å². The molecule has 3 N–H and O–H groups in total. The molecule has 0 bridgehead atoms. The van der Waals surface area contributed by atoms with Crippen LogP contribution in [0, 0.1) is 0 Å². The van der Waals surface area contributed by atoms with Crippen LogP contribution in [-0.2, 0) is 4.79 Å². The number of methoxy groups -OCH3 is 1. The highest BCUT2D eigenvalue weighted by Crippen LogP contribution is 2.29. The molecule has 0 saturated carbocycles. The van der Waals surface area contributed by atoms with Crippen molar-refractivity contribution in [1.82, 2.24) is 25.1 Å². The fourth-order valence-corrected chi connectivity index (χ4v) is 3.30. The van der Waals surface area contributed by atoms with Gasteiger partial charge in [0.15, 0.2) is 5.82 Å². The second-order valence-electron chi connectivity index (χ2n) is 5.99. The van der Waals surface area contributed by atoms with Crippen molar-refractivity contribution < 1.29 is 13.9 Å². The molecule has 1 amide bonds. The number of nitrogens with one attached hydrogen (secondary N) is 1. The molecule has 0 unspecified atom stereocenters. The molecule has 0 saturated heterocycles. The van der Waals surface area contributed by atoms with Crippen LogP contribution < -0.4 is 15.9 Å². The zero-order chi connectivity index (χ0) is 20.9. The Balaban J connectivity index is 1.39. The summed E-state index contributed by atoms with van der Waals surface area (Å²) in [5, 5.41) is 18.9. The Hall–Kier alpha value is -3.86.